The molecule has 0 fully saturated rings. The van der Waals surface area contributed by atoms with Crippen LogP contribution in [0.1, 0.15) is 104 Å². The molecule has 0 bridgehead atoms. The van der Waals surface area contributed by atoms with E-state index >= 15 is 0 Å². The highest BCUT2D eigenvalue weighted by Gasteiger charge is 1.99. The van der Waals surface area contributed by atoms with Crippen LogP contribution < -0.4 is 0 Å². The smallest absolute Gasteiger partial charge is 0.309 e. The second-order valence-electron chi connectivity index (χ2n) is 6.22. The second-order valence-corrected chi connectivity index (χ2v) is 6.22. The Morgan fingerprint density at radius 2 is 1.27 bits per heavy atom. The number of hydrogen-bond donors (Lipinski definition) is 0. The first-order valence-corrected chi connectivity index (χ1v) is 9.61. The minimum absolute atomic E-state index is 0.0757. The number of allylic oxidation sites excluding steroid dienone is 1. The van der Waals surface area contributed by atoms with Crippen LogP contribution in [0.3, 0.4) is 0 Å². The van der Waals surface area contributed by atoms with Crippen LogP contribution in [0.15, 0.2) is 12.2 Å². The molecule has 0 aromatic heterocycles. The number of ether oxygens (including phenoxy) is 1. The van der Waals surface area contributed by atoms with E-state index < -0.39 is 0 Å². The monoisotopic (exact) mass is 310 g/mol. The summed E-state index contributed by atoms with van der Waals surface area (Å²) in [5.74, 6) is -0.0757. The van der Waals surface area contributed by atoms with Crippen LogP contribution in [-0.2, 0) is 9.53 Å². The van der Waals surface area contributed by atoms with Gasteiger partial charge in [0.05, 0.1) is 13.0 Å². The molecule has 0 amide bonds. The molecule has 0 aliphatic carbocycles. The Balaban J connectivity index is 3.25. The Bertz CT molecular complexity index is 258. The molecule has 0 saturated heterocycles. The molecule has 0 aromatic carbocycles. The van der Waals surface area contributed by atoms with Crippen molar-refractivity contribution in [3.05, 3.63) is 12.2 Å². The third-order valence-corrected chi connectivity index (χ3v) is 3.94. The van der Waals surface area contributed by atoms with E-state index in [0.29, 0.717) is 13.0 Å². The molecule has 0 aliphatic rings. The summed E-state index contributed by atoms with van der Waals surface area (Å²) in [6, 6.07) is 0. The van der Waals surface area contributed by atoms with Gasteiger partial charge in [0.2, 0.25) is 0 Å². The first-order valence-electron chi connectivity index (χ1n) is 9.61. The van der Waals surface area contributed by atoms with Crippen LogP contribution >= 0.6 is 0 Å². The highest BCUT2D eigenvalue weighted by molar-refractivity contribution is 5.71. The highest BCUT2D eigenvalue weighted by Crippen LogP contribution is 2.07. The van der Waals surface area contributed by atoms with E-state index in [1.165, 1.54) is 70.6 Å². The molecule has 0 aliphatic heterocycles. The predicted molar refractivity (Wildman–Crippen MR) is 96.1 cm³/mol. The van der Waals surface area contributed by atoms with Gasteiger partial charge in [0.1, 0.15) is 0 Å². The lowest BCUT2D eigenvalue weighted by molar-refractivity contribution is -0.142. The van der Waals surface area contributed by atoms with Crippen molar-refractivity contribution in [1.82, 2.24) is 0 Å². The van der Waals surface area contributed by atoms with E-state index in [1.54, 1.807) is 0 Å². The van der Waals surface area contributed by atoms with Gasteiger partial charge in [-0.25, -0.2) is 0 Å². The zero-order valence-electron chi connectivity index (χ0n) is 15.1. The normalized spacial score (nSPS) is 11.2. The molecule has 0 saturated carbocycles. The third kappa shape index (κ3) is 17.3. The van der Waals surface area contributed by atoms with Gasteiger partial charge in [-0.3, -0.25) is 4.79 Å². The van der Waals surface area contributed by atoms with Crippen LogP contribution in [0, 0.1) is 0 Å². The molecule has 2 nitrogen and oxygen atoms in total. The zero-order valence-corrected chi connectivity index (χ0v) is 15.1. The molecule has 0 rings (SSSR count). The minimum atomic E-state index is -0.0757. The topological polar surface area (TPSA) is 26.3 Å². The van der Waals surface area contributed by atoms with Crippen molar-refractivity contribution in [3.8, 4) is 0 Å². The summed E-state index contributed by atoms with van der Waals surface area (Å²) in [4.78, 5) is 11.5. The molecule has 0 aromatic rings. The summed E-state index contributed by atoms with van der Waals surface area (Å²) in [5.41, 5.74) is 0. The summed E-state index contributed by atoms with van der Waals surface area (Å²) >= 11 is 0. The Morgan fingerprint density at radius 1 is 0.727 bits per heavy atom. The van der Waals surface area contributed by atoms with Gasteiger partial charge < -0.3 is 4.74 Å². The quantitative estimate of drug-likeness (QED) is 0.183. The van der Waals surface area contributed by atoms with Crippen molar-refractivity contribution in [1.29, 1.82) is 0 Å². The maximum absolute atomic E-state index is 11.5. The van der Waals surface area contributed by atoms with Crippen LogP contribution in [0.5, 0.6) is 0 Å². The first kappa shape index (κ1) is 21.2. The van der Waals surface area contributed by atoms with Gasteiger partial charge in [-0.1, -0.05) is 90.2 Å². The number of carbonyl (C=O) groups excluding carboxylic acids is 1. The molecular weight excluding hydrogens is 272 g/mol. The van der Waals surface area contributed by atoms with Crippen LogP contribution in [0.25, 0.3) is 0 Å². The second kappa shape index (κ2) is 18.3. The molecule has 2 heteroatoms. The fraction of sp³-hybridized carbons (Fsp3) is 0.850. The Morgan fingerprint density at radius 3 is 1.91 bits per heavy atom. The molecule has 0 atom stereocenters. The van der Waals surface area contributed by atoms with Crippen molar-refractivity contribution >= 4 is 5.97 Å². The molecule has 0 N–H and O–H groups in total. The van der Waals surface area contributed by atoms with Crippen molar-refractivity contribution in [2.24, 2.45) is 0 Å². The fourth-order valence-electron chi connectivity index (χ4n) is 2.47. The number of esters is 1. The van der Waals surface area contributed by atoms with Gasteiger partial charge in [-0.2, -0.15) is 0 Å². The van der Waals surface area contributed by atoms with E-state index in [-0.39, 0.29) is 5.97 Å². The lowest BCUT2D eigenvalue weighted by Gasteiger charge is -2.03. The average Bonchev–Trinajstić information content (AvgIpc) is 2.52. The Kier molecular flexibility index (Phi) is 17.6. The van der Waals surface area contributed by atoms with Crippen molar-refractivity contribution in [2.45, 2.75) is 104 Å². The average molecular weight is 311 g/mol. The predicted octanol–water partition coefficient (Wildman–Crippen LogP) is 6.59. The molecule has 0 heterocycles. The van der Waals surface area contributed by atoms with Gasteiger partial charge >= 0.3 is 5.97 Å². The molecule has 0 radical (unpaired) electrons. The summed E-state index contributed by atoms with van der Waals surface area (Å²) in [5, 5.41) is 0. The number of rotatable bonds is 16. The van der Waals surface area contributed by atoms with Gasteiger partial charge in [-0.05, 0) is 19.3 Å². The van der Waals surface area contributed by atoms with Crippen LogP contribution in [0.2, 0.25) is 0 Å². The molecular formula is C20H38O2. The lowest BCUT2D eigenvalue weighted by atomic mass is 10.1. The maximum atomic E-state index is 11.5. The molecule has 130 valence electrons. The van der Waals surface area contributed by atoms with Crippen molar-refractivity contribution < 1.29 is 9.53 Å². The van der Waals surface area contributed by atoms with Gasteiger partial charge in [-0.15, -0.1) is 0 Å². The lowest BCUT2D eigenvalue weighted by Crippen LogP contribution is -2.04. The van der Waals surface area contributed by atoms with Crippen molar-refractivity contribution in [2.75, 3.05) is 6.61 Å². The van der Waals surface area contributed by atoms with E-state index in [1.807, 2.05) is 6.08 Å². The Hall–Kier alpha value is -0.790. The minimum Gasteiger partial charge on any atom is -0.465 e. The van der Waals surface area contributed by atoms with Gasteiger partial charge in [0.15, 0.2) is 0 Å². The number of hydrogen-bond acceptors (Lipinski definition) is 2. The van der Waals surface area contributed by atoms with Gasteiger partial charge in [0.25, 0.3) is 0 Å². The standard InChI is InChI=1S/C20H38O2/c1-3-5-7-9-11-12-14-16-18-20(21)22-19-17-15-13-10-8-6-4-2/h14,16H,3-13,15,17-19H2,1-2H3. The van der Waals surface area contributed by atoms with E-state index in [0.717, 1.165) is 12.8 Å². The summed E-state index contributed by atoms with van der Waals surface area (Å²) in [7, 11) is 0. The highest BCUT2D eigenvalue weighted by atomic mass is 16.5. The van der Waals surface area contributed by atoms with Crippen LogP contribution in [-0.4, -0.2) is 12.6 Å². The van der Waals surface area contributed by atoms with Crippen molar-refractivity contribution in [3.63, 3.8) is 0 Å². The fourth-order valence-corrected chi connectivity index (χ4v) is 2.47. The Labute approximate surface area is 138 Å². The SMILES string of the molecule is CCCCCCCC=CCC(=O)OCCCCCCCCC. The first-order chi connectivity index (χ1) is 10.8. The maximum Gasteiger partial charge on any atom is 0.309 e. The zero-order chi connectivity index (χ0) is 16.3. The number of unbranched alkanes of at least 4 members (excludes halogenated alkanes) is 11. The number of carbonyl (C=O) groups is 1. The van der Waals surface area contributed by atoms with E-state index in [9.17, 15) is 4.79 Å². The summed E-state index contributed by atoms with van der Waals surface area (Å²) < 4.78 is 5.24. The van der Waals surface area contributed by atoms with E-state index in [2.05, 4.69) is 19.9 Å². The molecule has 0 spiro atoms. The molecule has 22 heavy (non-hydrogen) atoms. The largest absolute Gasteiger partial charge is 0.465 e. The summed E-state index contributed by atoms with van der Waals surface area (Å²) in [6.45, 7) is 5.07. The van der Waals surface area contributed by atoms with Gasteiger partial charge in [0, 0.05) is 0 Å². The van der Waals surface area contributed by atoms with E-state index in [4.69, 9.17) is 4.74 Å². The van der Waals surface area contributed by atoms with Crippen LogP contribution in [0.4, 0.5) is 0 Å². The third-order valence-electron chi connectivity index (χ3n) is 3.94. The molecule has 0 unspecified atom stereocenters. The summed E-state index contributed by atoms with van der Waals surface area (Å²) in [6.07, 6.45) is 20.9.